The lowest BCUT2D eigenvalue weighted by atomic mass is 10.3. The number of amides is 1. The number of thioether (sulfide) groups is 1. The van der Waals surface area contributed by atoms with Gasteiger partial charge in [-0.25, -0.2) is 0 Å². The number of rotatable bonds is 7. The third-order valence-corrected chi connectivity index (χ3v) is 3.95. The van der Waals surface area contributed by atoms with E-state index in [1.54, 1.807) is 6.92 Å². The molecule has 0 spiro atoms. The fraction of sp³-hybridized carbons (Fsp3) is 0.500. The molecule has 0 aliphatic rings. The molecule has 5 heteroatoms. The normalized spacial score (nSPS) is 13.7. The van der Waals surface area contributed by atoms with Gasteiger partial charge in [0, 0.05) is 10.9 Å². The van der Waals surface area contributed by atoms with Gasteiger partial charge in [-0.05, 0) is 38.1 Å². The van der Waals surface area contributed by atoms with E-state index in [9.17, 15) is 9.90 Å². The van der Waals surface area contributed by atoms with Crippen LogP contribution in [0.4, 0.5) is 5.69 Å². The molecule has 19 heavy (non-hydrogen) atoms. The monoisotopic (exact) mass is 283 g/mol. The molecule has 0 saturated carbocycles. The van der Waals surface area contributed by atoms with Gasteiger partial charge >= 0.3 is 0 Å². The Morgan fingerprint density at radius 2 is 2.00 bits per heavy atom. The van der Waals surface area contributed by atoms with Crippen LogP contribution in [-0.2, 0) is 4.79 Å². The van der Waals surface area contributed by atoms with Crippen molar-refractivity contribution in [3.63, 3.8) is 0 Å². The summed E-state index contributed by atoms with van der Waals surface area (Å²) in [4.78, 5) is 11.7. The topological polar surface area (TPSA) is 58.6 Å². The van der Waals surface area contributed by atoms with Crippen LogP contribution in [-0.4, -0.2) is 34.7 Å². The van der Waals surface area contributed by atoms with Gasteiger partial charge in [0.2, 0.25) is 5.91 Å². The number of benzene rings is 1. The molecule has 0 aliphatic heterocycles. The van der Waals surface area contributed by atoms with Gasteiger partial charge in [0.25, 0.3) is 0 Å². The van der Waals surface area contributed by atoms with Crippen LogP contribution in [0.3, 0.4) is 0 Å². The van der Waals surface area contributed by atoms with Crippen molar-refractivity contribution in [1.82, 2.24) is 0 Å². The molecule has 0 fully saturated rings. The first-order valence-corrected chi connectivity index (χ1v) is 7.40. The quantitative estimate of drug-likeness (QED) is 0.807. The average Bonchev–Trinajstić information content (AvgIpc) is 2.38. The van der Waals surface area contributed by atoms with Gasteiger partial charge in [-0.2, -0.15) is 0 Å². The Morgan fingerprint density at radius 3 is 2.53 bits per heavy atom. The van der Waals surface area contributed by atoms with Gasteiger partial charge in [-0.3, -0.25) is 4.79 Å². The van der Waals surface area contributed by atoms with Crippen molar-refractivity contribution in [3.8, 4) is 5.75 Å². The average molecular weight is 283 g/mol. The molecule has 0 heterocycles. The summed E-state index contributed by atoms with van der Waals surface area (Å²) in [5, 5.41) is 12.2. The first-order valence-electron chi connectivity index (χ1n) is 6.35. The van der Waals surface area contributed by atoms with E-state index < -0.39 is 6.10 Å². The van der Waals surface area contributed by atoms with E-state index in [1.807, 2.05) is 38.1 Å². The Bertz CT molecular complexity index is 392. The van der Waals surface area contributed by atoms with Crippen molar-refractivity contribution in [3.05, 3.63) is 24.3 Å². The standard InChI is InChI=1S/C14H21NO3S/c1-4-18-13-7-5-12(6-8-13)15-14(17)9-19-11(3)10(2)16/h5-8,10-11,16H,4,9H2,1-3H3,(H,15,17). The smallest absolute Gasteiger partial charge is 0.234 e. The van der Waals surface area contributed by atoms with Crippen molar-refractivity contribution < 1.29 is 14.6 Å². The number of hydrogen-bond donors (Lipinski definition) is 2. The number of anilines is 1. The van der Waals surface area contributed by atoms with E-state index >= 15 is 0 Å². The minimum absolute atomic E-state index is 0.0473. The van der Waals surface area contributed by atoms with Crippen LogP contribution in [0.2, 0.25) is 0 Å². The summed E-state index contributed by atoms with van der Waals surface area (Å²) >= 11 is 1.44. The van der Waals surface area contributed by atoms with Crippen molar-refractivity contribution in [1.29, 1.82) is 0 Å². The van der Waals surface area contributed by atoms with Crippen LogP contribution < -0.4 is 10.1 Å². The van der Waals surface area contributed by atoms with Gasteiger partial charge in [-0.1, -0.05) is 6.92 Å². The van der Waals surface area contributed by atoms with Crippen molar-refractivity contribution in [2.75, 3.05) is 17.7 Å². The first kappa shape index (κ1) is 15.9. The molecule has 0 radical (unpaired) electrons. The SMILES string of the molecule is CCOc1ccc(NC(=O)CSC(C)C(C)O)cc1. The van der Waals surface area contributed by atoms with Gasteiger partial charge in [0.05, 0.1) is 18.5 Å². The summed E-state index contributed by atoms with van der Waals surface area (Å²) < 4.78 is 5.33. The van der Waals surface area contributed by atoms with Crippen LogP contribution in [0.25, 0.3) is 0 Å². The molecule has 0 aromatic heterocycles. The number of carbonyl (C=O) groups excluding carboxylic acids is 1. The van der Waals surface area contributed by atoms with Crippen LogP contribution in [0.5, 0.6) is 5.75 Å². The highest BCUT2D eigenvalue weighted by Gasteiger charge is 2.11. The minimum Gasteiger partial charge on any atom is -0.494 e. The van der Waals surface area contributed by atoms with E-state index in [1.165, 1.54) is 11.8 Å². The lowest BCUT2D eigenvalue weighted by molar-refractivity contribution is -0.113. The molecule has 1 rings (SSSR count). The van der Waals surface area contributed by atoms with E-state index in [4.69, 9.17) is 4.74 Å². The number of carbonyl (C=O) groups is 1. The van der Waals surface area contributed by atoms with E-state index in [2.05, 4.69) is 5.32 Å². The zero-order valence-corrected chi connectivity index (χ0v) is 12.4. The predicted molar refractivity (Wildman–Crippen MR) is 79.8 cm³/mol. The molecule has 4 nitrogen and oxygen atoms in total. The molecule has 2 N–H and O–H groups in total. The molecule has 0 bridgehead atoms. The third-order valence-electron chi connectivity index (χ3n) is 2.61. The van der Waals surface area contributed by atoms with Crippen LogP contribution in [0.15, 0.2) is 24.3 Å². The fourth-order valence-corrected chi connectivity index (χ4v) is 2.11. The highest BCUT2D eigenvalue weighted by Crippen LogP contribution is 2.17. The second kappa shape index (κ2) is 8.07. The number of aliphatic hydroxyl groups excluding tert-OH is 1. The van der Waals surface area contributed by atoms with Crippen molar-refractivity contribution in [2.45, 2.75) is 32.1 Å². The molecular formula is C14H21NO3S. The Morgan fingerprint density at radius 1 is 1.37 bits per heavy atom. The summed E-state index contributed by atoms with van der Waals surface area (Å²) in [6, 6.07) is 7.27. The summed E-state index contributed by atoms with van der Waals surface area (Å²) in [5.74, 6) is 1.05. The van der Waals surface area contributed by atoms with E-state index in [0.717, 1.165) is 11.4 Å². The maximum Gasteiger partial charge on any atom is 0.234 e. The minimum atomic E-state index is -0.414. The second-order valence-corrected chi connectivity index (χ2v) is 5.63. The second-order valence-electron chi connectivity index (χ2n) is 4.26. The van der Waals surface area contributed by atoms with Gasteiger partial charge in [0.1, 0.15) is 5.75 Å². The highest BCUT2D eigenvalue weighted by atomic mass is 32.2. The first-order chi connectivity index (χ1) is 9.02. The van der Waals surface area contributed by atoms with Gasteiger partial charge in [0.15, 0.2) is 0 Å². The summed E-state index contributed by atoms with van der Waals surface area (Å²) in [7, 11) is 0. The Hall–Kier alpha value is -1.20. The van der Waals surface area contributed by atoms with Gasteiger partial charge in [-0.15, -0.1) is 11.8 Å². The molecule has 2 unspecified atom stereocenters. The van der Waals surface area contributed by atoms with Crippen molar-refractivity contribution in [2.24, 2.45) is 0 Å². The summed E-state index contributed by atoms with van der Waals surface area (Å²) in [6.45, 7) is 6.18. The Balaban J connectivity index is 2.39. The molecule has 2 atom stereocenters. The molecule has 106 valence electrons. The lowest BCUT2D eigenvalue weighted by Crippen LogP contribution is -2.20. The molecule has 0 aliphatic carbocycles. The van der Waals surface area contributed by atoms with Crippen LogP contribution in [0.1, 0.15) is 20.8 Å². The summed E-state index contributed by atoms with van der Waals surface area (Å²) in [5.41, 5.74) is 0.749. The maximum atomic E-state index is 11.7. The molecule has 1 aromatic rings. The molecule has 1 aromatic carbocycles. The third kappa shape index (κ3) is 5.98. The lowest BCUT2D eigenvalue weighted by Gasteiger charge is -2.13. The number of nitrogens with one attached hydrogen (secondary N) is 1. The van der Waals surface area contributed by atoms with Crippen LogP contribution in [0, 0.1) is 0 Å². The van der Waals surface area contributed by atoms with Crippen molar-refractivity contribution >= 4 is 23.4 Å². The maximum absolute atomic E-state index is 11.7. The largest absolute Gasteiger partial charge is 0.494 e. The van der Waals surface area contributed by atoms with Crippen LogP contribution >= 0.6 is 11.8 Å². The number of aliphatic hydroxyl groups is 1. The van der Waals surface area contributed by atoms with Gasteiger partial charge < -0.3 is 15.2 Å². The molecular weight excluding hydrogens is 262 g/mol. The predicted octanol–water partition coefficient (Wildman–Crippen LogP) is 2.53. The zero-order chi connectivity index (χ0) is 14.3. The Kier molecular flexibility index (Phi) is 6.73. The fourth-order valence-electron chi connectivity index (χ4n) is 1.34. The number of ether oxygens (including phenoxy) is 1. The van der Waals surface area contributed by atoms with E-state index in [-0.39, 0.29) is 11.2 Å². The Labute approximate surface area is 118 Å². The molecule has 1 amide bonds. The highest BCUT2D eigenvalue weighted by molar-refractivity contribution is 8.00. The zero-order valence-electron chi connectivity index (χ0n) is 11.6. The molecule has 0 saturated heterocycles. The number of hydrogen-bond acceptors (Lipinski definition) is 4. The van der Waals surface area contributed by atoms with E-state index in [0.29, 0.717) is 12.4 Å². The summed E-state index contributed by atoms with van der Waals surface area (Å²) in [6.07, 6.45) is -0.414.